The summed E-state index contributed by atoms with van der Waals surface area (Å²) in [6.07, 6.45) is 4.08. The molecule has 9 heteroatoms. The number of piperidine rings is 1. The van der Waals surface area contributed by atoms with Gasteiger partial charge >= 0.3 is 0 Å². The molecule has 1 aromatic carbocycles. The lowest BCUT2D eigenvalue weighted by molar-refractivity contribution is 0.197. The zero-order valence-corrected chi connectivity index (χ0v) is 16.5. The van der Waals surface area contributed by atoms with E-state index in [0.29, 0.717) is 17.4 Å². The van der Waals surface area contributed by atoms with E-state index in [2.05, 4.69) is 15.2 Å². The van der Waals surface area contributed by atoms with Gasteiger partial charge in [0.25, 0.3) is 0 Å². The van der Waals surface area contributed by atoms with E-state index in [1.165, 1.54) is 6.20 Å². The Morgan fingerprint density at radius 3 is 2.68 bits per heavy atom. The Bertz CT molecular complexity index is 1120. The largest absolute Gasteiger partial charge is 0.337 e. The summed E-state index contributed by atoms with van der Waals surface area (Å²) in [5, 5.41) is 8.22. The third-order valence-electron chi connectivity index (χ3n) is 6.00. The topological polar surface area (TPSA) is 94.1 Å². The molecule has 0 amide bonds. The lowest BCUT2D eigenvalue weighted by Crippen LogP contribution is -2.40. The normalized spacial score (nSPS) is 24.9. The molecule has 2 fully saturated rings. The maximum absolute atomic E-state index is 13.5. The van der Waals surface area contributed by atoms with Gasteiger partial charge in [0.2, 0.25) is 21.7 Å². The summed E-state index contributed by atoms with van der Waals surface area (Å²) in [4.78, 5) is 4.81. The van der Waals surface area contributed by atoms with Crippen LogP contribution in [0.3, 0.4) is 0 Å². The van der Waals surface area contributed by atoms with Gasteiger partial charge < -0.3 is 4.52 Å². The molecule has 1 saturated heterocycles. The first-order valence-corrected chi connectivity index (χ1v) is 10.8. The number of sulfonamides is 1. The maximum Gasteiger partial charge on any atom is 0.247 e. The quantitative estimate of drug-likeness (QED) is 0.669. The first kappa shape index (κ1) is 17.6. The number of hydrogen-bond acceptors (Lipinski definition) is 6. The molecule has 146 valence electrons. The van der Waals surface area contributed by atoms with Crippen LogP contribution >= 0.6 is 0 Å². The van der Waals surface area contributed by atoms with Crippen molar-refractivity contribution in [2.24, 2.45) is 13.0 Å². The second kappa shape index (κ2) is 6.25. The van der Waals surface area contributed by atoms with Crippen molar-refractivity contribution in [2.75, 3.05) is 0 Å². The Labute approximate surface area is 163 Å². The summed E-state index contributed by atoms with van der Waals surface area (Å²) in [5.41, 5.74) is 1.47. The fourth-order valence-electron chi connectivity index (χ4n) is 4.51. The number of hydrogen-bond donors (Lipinski definition) is 0. The Morgan fingerprint density at radius 1 is 1.18 bits per heavy atom. The van der Waals surface area contributed by atoms with Gasteiger partial charge in [0.1, 0.15) is 10.9 Å². The second-order valence-corrected chi connectivity index (χ2v) is 9.36. The molecule has 3 aromatic rings. The number of aromatic nitrogens is 4. The Morgan fingerprint density at radius 2 is 1.96 bits per heavy atom. The summed E-state index contributed by atoms with van der Waals surface area (Å²) < 4.78 is 35.7. The average molecular weight is 399 g/mol. The first-order valence-electron chi connectivity index (χ1n) is 9.38. The van der Waals surface area contributed by atoms with E-state index in [9.17, 15) is 8.42 Å². The van der Waals surface area contributed by atoms with Crippen LogP contribution in [0.1, 0.15) is 36.9 Å². The SMILES string of the molecule is Cc1c(S(=O)(=O)N2C3CCC(C3)[C@H]2c2nc(-c3ccccc3)no2)cnn1C. The van der Waals surface area contributed by atoms with Gasteiger partial charge in [0, 0.05) is 18.7 Å². The average Bonchev–Trinajstić information content (AvgIpc) is 3.46. The van der Waals surface area contributed by atoms with Crippen molar-refractivity contribution in [3.8, 4) is 11.4 Å². The van der Waals surface area contributed by atoms with Crippen molar-refractivity contribution in [3.63, 3.8) is 0 Å². The van der Waals surface area contributed by atoms with Gasteiger partial charge in [-0.3, -0.25) is 4.68 Å². The minimum atomic E-state index is -3.71. The van der Waals surface area contributed by atoms with E-state index in [4.69, 9.17) is 4.52 Å². The van der Waals surface area contributed by atoms with Crippen LogP contribution in [0.25, 0.3) is 11.4 Å². The lowest BCUT2D eigenvalue weighted by atomic mass is 10.00. The summed E-state index contributed by atoms with van der Waals surface area (Å²) in [5.74, 6) is 1.05. The highest BCUT2D eigenvalue weighted by Gasteiger charge is 2.54. The van der Waals surface area contributed by atoms with Crippen LogP contribution in [0.5, 0.6) is 0 Å². The van der Waals surface area contributed by atoms with Gasteiger partial charge in [0.15, 0.2) is 0 Å². The summed E-state index contributed by atoms with van der Waals surface area (Å²) in [6.45, 7) is 1.77. The fourth-order valence-corrected chi connectivity index (χ4v) is 6.56. The van der Waals surface area contributed by atoms with Crippen molar-refractivity contribution in [1.29, 1.82) is 0 Å². The smallest absolute Gasteiger partial charge is 0.247 e. The van der Waals surface area contributed by atoms with E-state index in [1.54, 1.807) is 23.0 Å². The maximum atomic E-state index is 13.5. The highest BCUT2D eigenvalue weighted by molar-refractivity contribution is 7.89. The second-order valence-electron chi connectivity index (χ2n) is 7.55. The van der Waals surface area contributed by atoms with Gasteiger partial charge in [-0.1, -0.05) is 35.5 Å². The minimum Gasteiger partial charge on any atom is -0.337 e. The summed E-state index contributed by atoms with van der Waals surface area (Å²) in [7, 11) is -1.97. The van der Waals surface area contributed by atoms with E-state index < -0.39 is 16.1 Å². The van der Waals surface area contributed by atoms with Crippen molar-refractivity contribution >= 4 is 10.0 Å². The fraction of sp³-hybridized carbons (Fsp3) is 0.421. The predicted octanol–water partition coefficient (Wildman–Crippen LogP) is 2.69. The Kier molecular flexibility index (Phi) is 3.92. The zero-order chi connectivity index (χ0) is 19.5. The molecule has 1 saturated carbocycles. The molecule has 2 unspecified atom stereocenters. The van der Waals surface area contributed by atoms with Gasteiger partial charge in [0.05, 0.1) is 11.9 Å². The van der Waals surface area contributed by atoms with E-state index in [1.807, 2.05) is 30.3 Å². The molecule has 3 atom stereocenters. The van der Waals surface area contributed by atoms with E-state index >= 15 is 0 Å². The van der Waals surface area contributed by atoms with Gasteiger partial charge in [-0.05, 0) is 32.1 Å². The van der Waals surface area contributed by atoms with Gasteiger partial charge in [-0.15, -0.1) is 0 Å². The standard InChI is InChI=1S/C19H21N5O3S/c1-12-16(11-20-23(12)2)28(25,26)24-15-9-8-14(10-15)17(24)19-21-18(22-27-19)13-6-4-3-5-7-13/h3-7,11,14-15,17H,8-10H2,1-2H3/t14?,15?,17-/m0/s1. The number of aryl methyl sites for hydroxylation is 1. The third kappa shape index (κ3) is 2.53. The van der Waals surface area contributed by atoms with Gasteiger partial charge in [-0.25, -0.2) is 8.42 Å². The first-order chi connectivity index (χ1) is 13.5. The highest BCUT2D eigenvalue weighted by Crippen LogP contribution is 2.52. The van der Waals surface area contributed by atoms with E-state index in [0.717, 1.165) is 24.8 Å². The number of rotatable bonds is 4. The monoisotopic (exact) mass is 399 g/mol. The van der Waals surface area contributed by atoms with Crippen LogP contribution < -0.4 is 0 Å². The van der Waals surface area contributed by atoms with E-state index in [-0.39, 0.29) is 16.9 Å². The number of nitrogens with zero attached hydrogens (tertiary/aromatic N) is 5. The van der Waals surface area contributed by atoms with Crippen LogP contribution in [0.15, 0.2) is 45.9 Å². The Balaban J connectivity index is 1.56. The molecule has 0 N–H and O–H groups in total. The van der Waals surface area contributed by atoms with Crippen LogP contribution in [0.4, 0.5) is 0 Å². The molecule has 8 nitrogen and oxygen atoms in total. The van der Waals surface area contributed by atoms with Crippen LogP contribution in [-0.2, 0) is 17.1 Å². The molecule has 0 radical (unpaired) electrons. The minimum absolute atomic E-state index is 0.0355. The molecule has 2 aromatic heterocycles. The number of benzene rings is 1. The lowest BCUT2D eigenvalue weighted by Gasteiger charge is -2.31. The predicted molar refractivity (Wildman–Crippen MR) is 101 cm³/mol. The third-order valence-corrected chi connectivity index (χ3v) is 8.04. The van der Waals surface area contributed by atoms with Crippen LogP contribution in [-0.4, -0.2) is 38.7 Å². The number of fused-ring (bicyclic) bond motifs is 2. The molecule has 1 aliphatic carbocycles. The highest BCUT2D eigenvalue weighted by atomic mass is 32.2. The molecular formula is C19H21N5O3S. The zero-order valence-electron chi connectivity index (χ0n) is 15.7. The van der Waals surface area contributed by atoms with Crippen molar-refractivity contribution in [1.82, 2.24) is 24.2 Å². The molecule has 3 heterocycles. The molecule has 5 rings (SSSR count). The molecule has 1 aliphatic heterocycles. The van der Waals surface area contributed by atoms with Crippen LogP contribution in [0, 0.1) is 12.8 Å². The molecular weight excluding hydrogens is 378 g/mol. The van der Waals surface area contributed by atoms with Crippen LogP contribution in [0.2, 0.25) is 0 Å². The molecule has 2 aliphatic rings. The van der Waals surface area contributed by atoms with Crippen molar-refractivity contribution < 1.29 is 12.9 Å². The Hall–Kier alpha value is -2.52. The van der Waals surface area contributed by atoms with Crippen molar-refractivity contribution in [2.45, 2.75) is 43.2 Å². The van der Waals surface area contributed by atoms with Crippen molar-refractivity contribution in [3.05, 3.63) is 48.1 Å². The molecule has 2 bridgehead atoms. The molecule has 28 heavy (non-hydrogen) atoms. The summed E-state index contributed by atoms with van der Waals surface area (Å²) >= 11 is 0. The molecule has 0 spiro atoms. The summed E-state index contributed by atoms with van der Waals surface area (Å²) in [6, 6.07) is 9.09. The van der Waals surface area contributed by atoms with Gasteiger partial charge in [-0.2, -0.15) is 14.4 Å².